The third kappa shape index (κ3) is 3.48. The van der Waals surface area contributed by atoms with Crippen LogP contribution in [0.3, 0.4) is 0 Å². The number of anilines is 2. The molecule has 1 aromatic carbocycles. The fourth-order valence-corrected chi connectivity index (χ4v) is 3.10. The van der Waals surface area contributed by atoms with E-state index >= 15 is 0 Å². The number of hydrogen-bond acceptors (Lipinski definition) is 3. The monoisotopic (exact) mass is 310 g/mol. The molecule has 0 fully saturated rings. The van der Waals surface area contributed by atoms with Crippen LogP contribution in [0.1, 0.15) is 4.88 Å². The summed E-state index contributed by atoms with van der Waals surface area (Å²) in [6, 6.07) is 10.2. The predicted molar refractivity (Wildman–Crippen MR) is 79.8 cm³/mol. The number of hydrogen-bond donors (Lipinski definition) is 1. The fourth-order valence-electron chi connectivity index (χ4n) is 1.65. The van der Waals surface area contributed by atoms with Gasteiger partial charge in [-0.15, -0.1) is 11.3 Å². The number of thiophene rings is 1. The molecular formula is C13H15BrN2S. The number of nitrogens with two attached hydrogens (primary N) is 1. The first-order chi connectivity index (χ1) is 8.15. The van der Waals surface area contributed by atoms with Crippen LogP contribution in [0.15, 0.2) is 40.2 Å². The fraction of sp³-hybridized carbons (Fsp3) is 0.231. The minimum atomic E-state index is 0.813. The Hall–Kier alpha value is -1.00. The van der Waals surface area contributed by atoms with Crippen LogP contribution in [0.2, 0.25) is 0 Å². The Morgan fingerprint density at radius 3 is 2.82 bits per heavy atom. The van der Waals surface area contributed by atoms with Gasteiger partial charge >= 0.3 is 0 Å². The quantitative estimate of drug-likeness (QED) is 0.871. The second kappa shape index (κ2) is 5.56. The molecule has 0 aliphatic carbocycles. The van der Waals surface area contributed by atoms with E-state index in [9.17, 15) is 0 Å². The molecule has 2 nitrogen and oxygen atoms in total. The van der Waals surface area contributed by atoms with Gasteiger partial charge < -0.3 is 10.6 Å². The third-order valence-corrected chi connectivity index (χ3v) is 4.38. The number of nitrogens with zero attached hydrogens (tertiary/aromatic N) is 1. The Labute approximate surface area is 114 Å². The Balaban J connectivity index is 1.95. The zero-order valence-corrected chi connectivity index (χ0v) is 12.1. The first-order valence-corrected chi connectivity index (χ1v) is 7.12. The minimum absolute atomic E-state index is 0.813. The van der Waals surface area contributed by atoms with E-state index < -0.39 is 0 Å². The summed E-state index contributed by atoms with van der Waals surface area (Å²) < 4.78 is 1.17. The lowest BCUT2D eigenvalue weighted by molar-refractivity contribution is 0.887. The van der Waals surface area contributed by atoms with Crippen LogP contribution in [0.25, 0.3) is 0 Å². The third-order valence-electron chi connectivity index (χ3n) is 2.63. The molecule has 0 saturated heterocycles. The molecule has 1 aromatic heterocycles. The Bertz CT molecular complexity index is 496. The van der Waals surface area contributed by atoms with Crippen molar-refractivity contribution in [3.63, 3.8) is 0 Å². The highest BCUT2D eigenvalue weighted by molar-refractivity contribution is 9.10. The summed E-state index contributed by atoms with van der Waals surface area (Å²) in [6.07, 6.45) is 1.06. The van der Waals surface area contributed by atoms with Crippen LogP contribution in [0, 0.1) is 0 Å². The summed E-state index contributed by atoms with van der Waals surface area (Å²) in [4.78, 5) is 3.62. The highest BCUT2D eigenvalue weighted by Crippen LogP contribution is 2.21. The molecule has 0 atom stereocenters. The van der Waals surface area contributed by atoms with Gasteiger partial charge in [0.05, 0.1) is 0 Å². The standard InChI is InChI=1S/C13H15BrN2S/c1-16(12-4-2-3-11(15)8-12)6-5-13-7-10(14)9-17-13/h2-4,7-9H,5-6,15H2,1H3. The molecule has 0 amide bonds. The van der Waals surface area contributed by atoms with Gasteiger partial charge in [-0.3, -0.25) is 0 Å². The molecule has 2 aromatic rings. The molecule has 2 N–H and O–H groups in total. The highest BCUT2D eigenvalue weighted by Gasteiger charge is 2.03. The van der Waals surface area contributed by atoms with Crippen LogP contribution >= 0.6 is 27.3 Å². The lowest BCUT2D eigenvalue weighted by Gasteiger charge is -2.19. The molecule has 0 bridgehead atoms. The number of likely N-dealkylation sites (N-methyl/N-ethyl adjacent to an activating group) is 1. The zero-order chi connectivity index (χ0) is 12.3. The summed E-state index contributed by atoms with van der Waals surface area (Å²) in [5, 5.41) is 2.12. The van der Waals surface area contributed by atoms with E-state index in [0.29, 0.717) is 0 Å². The molecule has 0 spiro atoms. The highest BCUT2D eigenvalue weighted by atomic mass is 79.9. The number of benzene rings is 1. The van der Waals surface area contributed by atoms with Crippen LogP contribution < -0.4 is 10.6 Å². The minimum Gasteiger partial charge on any atom is -0.399 e. The zero-order valence-electron chi connectivity index (χ0n) is 9.69. The van der Waals surface area contributed by atoms with Crippen LogP contribution in [0.5, 0.6) is 0 Å². The van der Waals surface area contributed by atoms with Crippen molar-refractivity contribution >= 4 is 38.6 Å². The summed E-state index contributed by atoms with van der Waals surface area (Å²) in [5.41, 5.74) is 7.76. The maximum atomic E-state index is 5.78. The molecule has 2 rings (SSSR count). The average Bonchev–Trinajstić information content (AvgIpc) is 2.72. The molecular weight excluding hydrogens is 296 g/mol. The van der Waals surface area contributed by atoms with Gasteiger partial charge in [0.2, 0.25) is 0 Å². The van der Waals surface area contributed by atoms with E-state index in [1.807, 2.05) is 18.2 Å². The van der Waals surface area contributed by atoms with Crippen molar-refractivity contribution in [2.45, 2.75) is 6.42 Å². The average molecular weight is 311 g/mol. The molecule has 0 aliphatic rings. The van der Waals surface area contributed by atoms with Crippen molar-refractivity contribution in [2.24, 2.45) is 0 Å². The predicted octanol–water partition coefficient (Wildman–Crippen LogP) is 3.77. The van der Waals surface area contributed by atoms with Gasteiger partial charge in [0, 0.05) is 39.7 Å². The molecule has 0 saturated carbocycles. The van der Waals surface area contributed by atoms with E-state index in [-0.39, 0.29) is 0 Å². The van der Waals surface area contributed by atoms with Crippen molar-refractivity contribution in [1.82, 2.24) is 0 Å². The van der Waals surface area contributed by atoms with Gasteiger partial charge in [0.1, 0.15) is 0 Å². The van der Waals surface area contributed by atoms with Gasteiger partial charge in [-0.25, -0.2) is 0 Å². The molecule has 0 radical (unpaired) electrons. The second-order valence-corrected chi connectivity index (χ2v) is 5.91. The molecule has 0 unspecified atom stereocenters. The Morgan fingerprint density at radius 2 is 2.18 bits per heavy atom. The van der Waals surface area contributed by atoms with Crippen molar-refractivity contribution < 1.29 is 0 Å². The van der Waals surface area contributed by atoms with E-state index in [1.54, 1.807) is 11.3 Å². The van der Waals surface area contributed by atoms with Gasteiger partial charge in [-0.05, 0) is 46.6 Å². The summed E-state index contributed by atoms with van der Waals surface area (Å²) in [5.74, 6) is 0. The smallest absolute Gasteiger partial charge is 0.0384 e. The maximum absolute atomic E-state index is 5.78. The van der Waals surface area contributed by atoms with Crippen LogP contribution in [0.4, 0.5) is 11.4 Å². The van der Waals surface area contributed by atoms with Gasteiger partial charge in [-0.1, -0.05) is 6.07 Å². The van der Waals surface area contributed by atoms with Crippen molar-refractivity contribution in [2.75, 3.05) is 24.2 Å². The van der Waals surface area contributed by atoms with E-state index in [2.05, 4.69) is 45.4 Å². The van der Waals surface area contributed by atoms with Gasteiger partial charge in [0.25, 0.3) is 0 Å². The molecule has 4 heteroatoms. The maximum Gasteiger partial charge on any atom is 0.0384 e. The Kier molecular flexibility index (Phi) is 4.07. The Morgan fingerprint density at radius 1 is 1.35 bits per heavy atom. The van der Waals surface area contributed by atoms with Crippen molar-refractivity contribution in [3.8, 4) is 0 Å². The lowest BCUT2D eigenvalue weighted by atomic mass is 10.2. The summed E-state index contributed by atoms with van der Waals surface area (Å²) in [6.45, 7) is 0.996. The van der Waals surface area contributed by atoms with E-state index in [4.69, 9.17) is 5.73 Å². The topological polar surface area (TPSA) is 29.3 Å². The second-order valence-electron chi connectivity index (χ2n) is 4.00. The first-order valence-electron chi connectivity index (χ1n) is 5.45. The number of halogens is 1. The lowest BCUT2D eigenvalue weighted by Crippen LogP contribution is -2.19. The van der Waals surface area contributed by atoms with Crippen LogP contribution in [-0.4, -0.2) is 13.6 Å². The molecule has 90 valence electrons. The molecule has 0 aliphatic heterocycles. The number of nitrogen functional groups attached to an aromatic ring is 1. The van der Waals surface area contributed by atoms with Crippen LogP contribution in [-0.2, 0) is 6.42 Å². The van der Waals surface area contributed by atoms with E-state index in [1.165, 1.54) is 15.0 Å². The first kappa shape index (κ1) is 12.5. The summed E-state index contributed by atoms with van der Waals surface area (Å²) >= 11 is 5.27. The van der Waals surface area contributed by atoms with E-state index in [0.717, 1.165) is 18.7 Å². The normalized spacial score (nSPS) is 10.5. The SMILES string of the molecule is CN(CCc1cc(Br)cs1)c1cccc(N)c1. The van der Waals surface area contributed by atoms with Gasteiger partial charge in [0.15, 0.2) is 0 Å². The van der Waals surface area contributed by atoms with Crippen molar-refractivity contribution in [3.05, 3.63) is 45.1 Å². The largest absolute Gasteiger partial charge is 0.399 e. The van der Waals surface area contributed by atoms with Gasteiger partial charge in [-0.2, -0.15) is 0 Å². The molecule has 17 heavy (non-hydrogen) atoms. The number of rotatable bonds is 4. The van der Waals surface area contributed by atoms with Crippen molar-refractivity contribution in [1.29, 1.82) is 0 Å². The molecule has 1 heterocycles. The summed E-state index contributed by atoms with van der Waals surface area (Å²) in [7, 11) is 2.09.